The number of nitrogens with zero attached hydrogens (tertiary/aromatic N) is 2. The van der Waals surface area contributed by atoms with Gasteiger partial charge in [0.15, 0.2) is 0 Å². The van der Waals surface area contributed by atoms with Gasteiger partial charge < -0.3 is 14.7 Å². The Balaban J connectivity index is 2.18. The van der Waals surface area contributed by atoms with Crippen LogP contribution < -0.4 is 4.74 Å². The summed E-state index contributed by atoms with van der Waals surface area (Å²) in [6, 6.07) is 3.35. The van der Waals surface area contributed by atoms with Gasteiger partial charge in [-0.2, -0.15) is 0 Å². The molecule has 0 aromatic carbocycles. The van der Waals surface area contributed by atoms with E-state index >= 15 is 0 Å². The van der Waals surface area contributed by atoms with E-state index in [4.69, 9.17) is 4.74 Å². The minimum Gasteiger partial charge on any atom is -0.481 e. The van der Waals surface area contributed by atoms with Gasteiger partial charge in [0.2, 0.25) is 5.88 Å². The van der Waals surface area contributed by atoms with E-state index in [0.29, 0.717) is 24.6 Å². The molecule has 6 nitrogen and oxygen atoms in total. The highest BCUT2D eigenvalue weighted by atomic mass is 16.5. The Hall–Kier alpha value is -2.11. The topological polar surface area (TPSA) is 79.7 Å². The van der Waals surface area contributed by atoms with Crippen molar-refractivity contribution in [3.63, 3.8) is 0 Å². The zero-order chi connectivity index (χ0) is 16.1. The largest absolute Gasteiger partial charge is 0.481 e. The lowest BCUT2D eigenvalue weighted by Crippen LogP contribution is -2.30. The molecule has 22 heavy (non-hydrogen) atoms. The van der Waals surface area contributed by atoms with Crippen LogP contribution in [0, 0.1) is 11.8 Å². The molecule has 1 aromatic heterocycles. The Morgan fingerprint density at radius 2 is 2.18 bits per heavy atom. The second kappa shape index (κ2) is 7.24. The van der Waals surface area contributed by atoms with Crippen LogP contribution in [-0.4, -0.2) is 46.6 Å². The highest BCUT2D eigenvalue weighted by molar-refractivity contribution is 5.96. The van der Waals surface area contributed by atoms with Crippen LogP contribution in [0.4, 0.5) is 0 Å². The van der Waals surface area contributed by atoms with Crippen molar-refractivity contribution < 1.29 is 19.4 Å². The second-order valence-corrected chi connectivity index (χ2v) is 5.49. The van der Waals surface area contributed by atoms with Gasteiger partial charge in [-0.3, -0.25) is 9.59 Å². The minimum absolute atomic E-state index is 0.0127. The van der Waals surface area contributed by atoms with E-state index in [1.54, 1.807) is 23.2 Å². The van der Waals surface area contributed by atoms with Crippen molar-refractivity contribution in [3.05, 3.63) is 23.9 Å². The quantitative estimate of drug-likeness (QED) is 0.870. The number of hydrogen-bond acceptors (Lipinski definition) is 4. The number of pyridine rings is 1. The van der Waals surface area contributed by atoms with Crippen LogP contribution in [0.2, 0.25) is 0 Å². The van der Waals surface area contributed by atoms with Gasteiger partial charge in [-0.1, -0.05) is 13.3 Å². The number of carboxylic acid groups (broad SMARTS) is 1. The van der Waals surface area contributed by atoms with Crippen molar-refractivity contribution in [1.82, 2.24) is 9.88 Å². The second-order valence-electron chi connectivity index (χ2n) is 5.49. The van der Waals surface area contributed by atoms with E-state index in [2.05, 4.69) is 4.98 Å². The maximum atomic E-state index is 12.7. The van der Waals surface area contributed by atoms with Crippen LogP contribution in [0.15, 0.2) is 18.3 Å². The molecule has 1 saturated heterocycles. The lowest BCUT2D eigenvalue weighted by Gasteiger charge is -2.17. The van der Waals surface area contributed by atoms with E-state index in [1.165, 1.54) is 0 Å². The summed E-state index contributed by atoms with van der Waals surface area (Å²) in [5, 5.41) is 9.34. The lowest BCUT2D eigenvalue weighted by atomic mass is 9.92. The minimum atomic E-state index is -0.829. The number of likely N-dealkylation sites (tertiary alicyclic amines) is 1. The summed E-state index contributed by atoms with van der Waals surface area (Å²) in [7, 11) is 0. The summed E-state index contributed by atoms with van der Waals surface area (Å²) in [5.74, 6) is -1.21. The van der Waals surface area contributed by atoms with Crippen LogP contribution in [0.1, 0.15) is 37.0 Å². The number of aliphatic carboxylic acids is 1. The molecule has 0 radical (unpaired) electrons. The van der Waals surface area contributed by atoms with Gasteiger partial charge in [0.05, 0.1) is 12.5 Å². The van der Waals surface area contributed by atoms with Crippen LogP contribution in [-0.2, 0) is 4.79 Å². The molecule has 1 aliphatic rings. The fourth-order valence-corrected chi connectivity index (χ4v) is 2.96. The first-order valence-electron chi connectivity index (χ1n) is 7.68. The van der Waals surface area contributed by atoms with E-state index in [1.807, 2.05) is 13.8 Å². The number of carbonyl (C=O) groups is 2. The Kier molecular flexibility index (Phi) is 5.35. The first-order chi connectivity index (χ1) is 10.6. The van der Waals surface area contributed by atoms with Crippen LogP contribution >= 0.6 is 0 Å². The summed E-state index contributed by atoms with van der Waals surface area (Å²) in [6.07, 6.45) is 3.30. The van der Waals surface area contributed by atoms with Crippen molar-refractivity contribution in [2.75, 3.05) is 19.7 Å². The number of hydrogen-bond donors (Lipinski definition) is 1. The summed E-state index contributed by atoms with van der Waals surface area (Å²) < 4.78 is 5.39. The van der Waals surface area contributed by atoms with Gasteiger partial charge in [-0.25, -0.2) is 4.98 Å². The molecule has 2 unspecified atom stereocenters. The zero-order valence-electron chi connectivity index (χ0n) is 13.0. The van der Waals surface area contributed by atoms with E-state index < -0.39 is 11.9 Å². The molecule has 1 amide bonds. The Morgan fingerprint density at radius 3 is 2.82 bits per heavy atom. The molecular weight excluding hydrogens is 284 g/mol. The molecule has 2 rings (SSSR count). The molecule has 2 atom stereocenters. The number of ether oxygens (including phenoxy) is 1. The fourth-order valence-electron chi connectivity index (χ4n) is 2.96. The summed E-state index contributed by atoms with van der Waals surface area (Å²) in [5.41, 5.74) is 0.394. The average molecular weight is 306 g/mol. The van der Waals surface area contributed by atoms with Crippen LogP contribution in [0.5, 0.6) is 5.88 Å². The SMILES string of the molecule is CCCC1CN(C(=O)c2cccnc2OCC)CC1C(=O)O. The highest BCUT2D eigenvalue weighted by Gasteiger charge is 2.39. The number of rotatable bonds is 6. The molecule has 0 bridgehead atoms. The van der Waals surface area contributed by atoms with Crippen molar-refractivity contribution in [2.45, 2.75) is 26.7 Å². The molecule has 6 heteroatoms. The van der Waals surface area contributed by atoms with Crippen molar-refractivity contribution in [2.24, 2.45) is 11.8 Å². The van der Waals surface area contributed by atoms with Gasteiger partial charge in [-0.05, 0) is 31.4 Å². The Labute approximate surface area is 130 Å². The third-order valence-electron chi connectivity index (χ3n) is 3.99. The maximum absolute atomic E-state index is 12.7. The number of carbonyl (C=O) groups excluding carboxylic acids is 1. The molecule has 2 heterocycles. The maximum Gasteiger partial charge on any atom is 0.308 e. The number of aromatic nitrogens is 1. The number of amides is 1. The van der Waals surface area contributed by atoms with Crippen LogP contribution in [0.3, 0.4) is 0 Å². The molecule has 1 fully saturated rings. The van der Waals surface area contributed by atoms with Crippen LogP contribution in [0.25, 0.3) is 0 Å². The zero-order valence-corrected chi connectivity index (χ0v) is 13.0. The average Bonchev–Trinajstić information content (AvgIpc) is 2.92. The van der Waals surface area contributed by atoms with E-state index in [0.717, 1.165) is 12.8 Å². The Bertz CT molecular complexity index is 547. The van der Waals surface area contributed by atoms with E-state index in [9.17, 15) is 14.7 Å². The normalized spacial score (nSPS) is 20.9. The van der Waals surface area contributed by atoms with Gasteiger partial charge in [0.25, 0.3) is 5.91 Å². The lowest BCUT2D eigenvalue weighted by molar-refractivity contribution is -0.142. The summed E-state index contributed by atoms with van der Waals surface area (Å²) >= 11 is 0. The predicted molar refractivity (Wildman–Crippen MR) is 80.8 cm³/mol. The van der Waals surface area contributed by atoms with Crippen molar-refractivity contribution in [3.8, 4) is 5.88 Å². The molecule has 0 saturated carbocycles. The van der Waals surface area contributed by atoms with Gasteiger partial charge in [-0.15, -0.1) is 0 Å². The standard InChI is InChI=1S/C16H22N2O4/c1-3-6-11-9-18(10-13(11)16(20)21)15(19)12-7-5-8-17-14(12)22-4-2/h5,7-8,11,13H,3-4,6,9-10H2,1-2H3,(H,20,21). The molecule has 1 aromatic rings. The molecule has 0 aliphatic carbocycles. The van der Waals surface area contributed by atoms with Crippen molar-refractivity contribution >= 4 is 11.9 Å². The molecule has 0 spiro atoms. The van der Waals surface area contributed by atoms with E-state index in [-0.39, 0.29) is 18.4 Å². The molecule has 1 N–H and O–H groups in total. The molecule has 120 valence electrons. The number of carboxylic acids is 1. The monoisotopic (exact) mass is 306 g/mol. The van der Waals surface area contributed by atoms with Gasteiger partial charge in [0.1, 0.15) is 5.56 Å². The third-order valence-corrected chi connectivity index (χ3v) is 3.99. The Morgan fingerprint density at radius 1 is 1.41 bits per heavy atom. The predicted octanol–water partition coefficient (Wildman–Crippen LogP) is 2.05. The van der Waals surface area contributed by atoms with Gasteiger partial charge in [0, 0.05) is 19.3 Å². The summed E-state index contributed by atoms with van der Waals surface area (Å²) in [4.78, 5) is 29.8. The first-order valence-corrected chi connectivity index (χ1v) is 7.68. The third kappa shape index (κ3) is 3.37. The smallest absolute Gasteiger partial charge is 0.308 e. The summed E-state index contributed by atoms with van der Waals surface area (Å²) in [6.45, 7) is 5.01. The highest BCUT2D eigenvalue weighted by Crippen LogP contribution is 2.30. The van der Waals surface area contributed by atoms with Gasteiger partial charge >= 0.3 is 5.97 Å². The van der Waals surface area contributed by atoms with Crippen molar-refractivity contribution in [1.29, 1.82) is 0 Å². The molecule has 1 aliphatic heterocycles. The molecular formula is C16H22N2O4. The first kappa shape index (κ1) is 16.3. The fraction of sp³-hybridized carbons (Fsp3) is 0.562.